The summed E-state index contributed by atoms with van der Waals surface area (Å²) in [6.45, 7) is 10.2. The van der Waals surface area contributed by atoms with Crippen molar-refractivity contribution in [3.8, 4) is 5.88 Å². The Morgan fingerprint density at radius 2 is 1.94 bits per heavy atom. The van der Waals surface area contributed by atoms with Crippen LogP contribution in [-0.2, 0) is 6.42 Å². The number of anilines is 1. The minimum absolute atomic E-state index is 0.242. The second-order valence-corrected chi connectivity index (χ2v) is 5.03. The van der Waals surface area contributed by atoms with Crippen LogP contribution in [-0.4, -0.2) is 15.6 Å². The van der Waals surface area contributed by atoms with Crippen LogP contribution >= 0.6 is 0 Å². The zero-order valence-electron chi connectivity index (χ0n) is 12.0. The maximum Gasteiger partial charge on any atom is 0.222 e. The van der Waals surface area contributed by atoms with Gasteiger partial charge in [0.05, 0.1) is 5.56 Å². The fourth-order valence-corrected chi connectivity index (χ4v) is 1.45. The first-order chi connectivity index (χ1) is 8.43. The first kappa shape index (κ1) is 14.7. The lowest BCUT2D eigenvalue weighted by atomic mass is 10.1. The highest BCUT2D eigenvalue weighted by Gasteiger charge is 2.21. The van der Waals surface area contributed by atoms with Crippen LogP contribution in [0.25, 0.3) is 0 Å². The number of nitrogen functional groups attached to an aromatic ring is 1. The number of hydrogen-bond donors (Lipinski definition) is 2. The number of aromatic nitrogens is 2. The molecule has 1 aromatic heterocycles. The van der Waals surface area contributed by atoms with E-state index in [1.807, 2.05) is 20.8 Å². The van der Waals surface area contributed by atoms with Gasteiger partial charge in [-0.3, -0.25) is 0 Å². The molecule has 1 aromatic rings. The Morgan fingerprint density at radius 3 is 2.44 bits per heavy atom. The van der Waals surface area contributed by atoms with Gasteiger partial charge in [-0.15, -0.1) is 0 Å². The molecule has 0 saturated heterocycles. The van der Waals surface area contributed by atoms with Crippen molar-refractivity contribution >= 4 is 5.82 Å². The molecule has 0 fully saturated rings. The van der Waals surface area contributed by atoms with Gasteiger partial charge in [0.2, 0.25) is 5.88 Å². The molecule has 0 amide bonds. The maximum absolute atomic E-state index is 5.96. The third kappa shape index (κ3) is 3.57. The van der Waals surface area contributed by atoms with E-state index in [0.717, 1.165) is 30.7 Å². The molecule has 0 bridgehead atoms. The molecule has 1 rings (SSSR count). The summed E-state index contributed by atoms with van der Waals surface area (Å²) in [7, 11) is 0. The molecule has 18 heavy (non-hydrogen) atoms. The van der Waals surface area contributed by atoms with Gasteiger partial charge >= 0.3 is 0 Å². The van der Waals surface area contributed by atoms with Crippen LogP contribution < -0.4 is 16.0 Å². The Balaban J connectivity index is 3.12. The van der Waals surface area contributed by atoms with Gasteiger partial charge in [-0.1, -0.05) is 13.8 Å². The number of aryl methyl sites for hydroxylation is 1. The predicted molar refractivity (Wildman–Crippen MR) is 73.6 cm³/mol. The summed E-state index contributed by atoms with van der Waals surface area (Å²) in [5.41, 5.74) is 3.21. The summed E-state index contributed by atoms with van der Waals surface area (Å²) >= 11 is 0. The average molecular weight is 252 g/mol. The first-order valence-electron chi connectivity index (χ1n) is 6.46. The molecule has 0 atom stereocenters. The topological polar surface area (TPSA) is 73.1 Å². The fourth-order valence-electron chi connectivity index (χ4n) is 1.45. The third-order valence-corrected chi connectivity index (χ3v) is 2.98. The van der Waals surface area contributed by atoms with Crippen LogP contribution in [0, 0.1) is 6.92 Å². The number of hydrazine groups is 1. The number of nitrogens with two attached hydrogens (primary N) is 1. The van der Waals surface area contributed by atoms with Gasteiger partial charge in [-0.2, -0.15) is 4.98 Å². The van der Waals surface area contributed by atoms with E-state index >= 15 is 0 Å². The Labute approximate surface area is 109 Å². The summed E-state index contributed by atoms with van der Waals surface area (Å²) in [5, 5.41) is 0. The van der Waals surface area contributed by atoms with Crippen LogP contribution in [0.3, 0.4) is 0 Å². The van der Waals surface area contributed by atoms with Crippen LogP contribution in [0.1, 0.15) is 51.9 Å². The summed E-state index contributed by atoms with van der Waals surface area (Å²) in [4.78, 5) is 8.84. The molecule has 0 radical (unpaired) electrons. The quantitative estimate of drug-likeness (QED) is 0.601. The highest BCUT2D eigenvalue weighted by atomic mass is 16.5. The molecule has 0 saturated carbocycles. The van der Waals surface area contributed by atoms with Crippen molar-refractivity contribution in [2.75, 3.05) is 5.43 Å². The van der Waals surface area contributed by atoms with Crippen LogP contribution in [0.4, 0.5) is 5.82 Å². The van der Waals surface area contributed by atoms with Gasteiger partial charge in [-0.05, 0) is 33.6 Å². The molecule has 0 unspecified atom stereocenters. The Hall–Kier alpha value is -1.36. The SMILES string of the molecule is CCCc1nc(NN)c(C)c(OC(C)(C)CC)n1. The van der Waals surface area contributed by atoms with E-state index in [-0.39, 0.29) is 5.60 Å². The van der Waals surface area contributed by atoms with Gasteiger partial charge < -0.3 is 10.2 Å². The van der Waals surface area contributed by atoms with Gasteiger partial charge in [0.1, 0.15) is 17.2 Å². The van der Waals surface area contributed by atoms with Crippen molar-refractivity contribution in [2.24, 2.45) is 5.84 Å². The molecule has 102 valence electrons. The van der Waals surface area contributed by atoms with E-state index in [9.17, 15) is 0 Å². The Kier molecular flexibility index (Phi) is 4.90. The first-order valence-corrected chi connectivity index (χ1v) is 6.46. The second kappa shape index (κ2) is 6.00. The monoisotopic (exact) mass is 252 g/mol. The summed E-state index contributed by atoms with van der Waals surface area (Å²) < 4.78 is 5.96. The normalized spacial score (nSPS) is 11.4. The summed E-state index contributed by atoms with van der Waals surface area (Å²) in [5.74, 6) is 7.50. The lowest BCUT2D eigenvalue weighted by molar-refractivity contribution is 0.0975. The number of rotatable bonds is 6. The molecule has 3 N–H and O–H groups in total. The van der Waals surface area contributed by atoms with Crippen molar-refractivity contribution in [3.63, 3.8) is 0 Å². The lowest BCUT2D eigenvalue weighted by Gasteiger charge is -2.25. The molecule has 5 nitrogen and oxygen atoms in total. The molecule has 0 aromatic carbocycles. The number of hydrogen-bond acceptors (Lipinski definition) is 5. The molecular weight excluding hydrogens is 228 g/mol. The molecular formula is C13H24N4O. The zero-order chi connectivity index (χ0) is 13.8. The predicted octanol–water partition coefficient (Wildman–Crippen LogP) is 2.59. The Morgan fingerprint density at radius 1 is 1.28 bits per heavy atom. The van der Waals surface area contributed by atoms with Gasteiger partial charge in [-0.25, -0.2) is 10.8 Å². The molecule has 0 aliphatic carbocycles. The molecule has 5 heteroatoms. The minimum Gasteiger partial charge on any atom is -0.471 e. The van der Waals surface area contributed by atoms with Crippen molar-refractivity contribution in [3.05, 3.63) is 11.4 Å². The second-order valence-electron chi connectivity index (χ2n) is 5.03. The fraction of sp³-hybridized carbons (Fsp3) is 0.692. The number of ether oxygens (including phenoxy) is 1. The van der Waals surface area contributed by atoms with E-state index < -0.39 is 0 Å². The van der Waals surface area contributed by atoms with Gasteiger partial charge in [0.25, 0.3) is 0 Å². The highest BCUT2D eigenvalue weighted by Crippen LogP contribution is 2.26. The largest absolute Gasteiger partial charge is 0.471 e. The molecule has 0 aliphatic rings. The summed E-state index contributed by atoms with van der Waals surface area (Å²) in [6, 6.07) is 0. The van der Waals surface area contributed by atoms with Crippen LogP contribution in [0.15, 0.2) is 0 Å². The van der Waals surface area contributed by atoms with Gasteiger partial charge in [0.15, 0.2) is 0 Å². The summed E-state index contributed by atoms with van der Waals surface area (Å²) in [6.07, 6.45) is 2.71. The van der Waals surface area contributed by atoms with E-state index in [0.29, 0.717) is 11.7 Å². The van der Waals surface area contributed by atoms with Gasteiger partial charge in [0, 0.05) is 6.42 Å². The van der Waals surface area contributed by atoms with E-state index in [2.05, 4.69) is 29.2 Å². The van der Waals surface area contributed by atoms with Crippen molar-refractivity contribution < 1.29 is 4.74 Å². The standard InChI is InChI=1S/C13H24N4O/c1-6-8-10-15-11(17-14)9(3)12(16-10)18-13(4,5)7-2/h6-8,14H2,1-5H3,(H,15,16,17). The van der Waals surface area contributed by atoms with Crippen LogP contribution in [0.5, 0.6) is 5.88 Å². The van der Waals surface area contributed by atoms with E-state index in [1.165, 1.54) is 0 Å². The average Bonchev–Trinajstić information content (AvgIpc) is 2.33. The molecule has 0 spiro atoms. The molecule has 0 aliphatic heterocycles. The van der Waals surface area contributed by atoms with Crippen molar-refractivity contribution in [1.82, 2.24) is 9.97 Å². The van der Waals surface area contributed by atoms with Crippen LogP contribution in [0.2, 0.25) is 0 Å². The number of nitrogens with zero attached hydrogens (tertiary/aromatic N) is 2. The van der Waals surface area contributed by atoms with Crippen molar-refractivity contribution in [1.29, 1.82) is 0 Å². The minimum atomic E-state index is -0.242. The van der Waals surface area contributed by atoms with E-state index in [1.54, 1.807) is 0 Å². The zero-order valence-corrected chi connectivity index (χ0v) is 12.0. The Bertz CT molecular complexity index is 404. The highest BCUT2D eigenvalue weighted by molar-refractivity contribution is 5.47. The smallest absolute Gasteiger partial charge is 0.222 e. The third-order valence-electron chi connectivity index (χ3n) is 2.98. The molecule has 1 heterocycles. The number of nitrogens with one attached hydrogen (secondary N) is 1. The van der Waals surface area contributed by atoms with Crippen molar-refractivity contribution in [2.45, 2.75) is 59.5 Å². The lowest BCUT2D eigenvalue weighted by Crippen LogP contribution is -2.28. The van der Waals surface area contributed by atoms with E-state index in [4.69, 9.17) is 10.6 Å². The maximum atomic E-state index is 5.96.